The summed E-state index contributed by atoms with van der Waals surface area (Å²) >= 11 is 0. The fraction of sp³-hybridized carbons (Fsp3) is 0.615. The van der Waals surface area contributed by atoms with Gasteiger partial charge < -0.3 is 9.47 Å². The number of nitrogens with zero attached hydrogens (tertiary/aromatic N) is 1. The molecule has 0 atom stereocenters. The van der Waals surface area contributed by atoms with Crippen LogP contribution in [0.25, 0.3) is 0 Å². The molecule has 1 aromatic heterocycles. The van der Waals surface area contributed by atoms with Crippen LogP contribution in [0.1, 0.15) is 19.5 Å². The number of aromatic nitrogens is 1. The van der Waals surface area contributed by atoms with Crippen molar-refractivity contribution in [1.82, 2.24) is 4.98 Å². The van der Waals surface area contributed by atoms with Gasteiger partial charge in [-0.25, -0.2) is 4.98 Å². The molecule has 114 valence electrons. The van der Waals surface area contributed by atoms with Gasteiger partial charge >= 0.3 is 0 Å². The Morgan fingerprint density at radius 2 is 2.00 bits per heavy atom. The van der Waals surface area contributed by atoms with Crippen molar-refractivity contribution in [2.45, 2.75) is 30.9 Å². The van der Waals surface area contributed by atoms with Gasteiger partial charge in [0.1, 0.15) is 16.9 Å². The smallest absolute Gasteiger partial charge is 0.107 e. The molecular weight excluding hydrogens is 330 g/mol. The highest BCUT2D eigenvalue weighted by Crippen LogP contribution is 2.30. The van der Waals surface area contributed by atoms with E-state index in [4.69, 9.17) is 9.47 Å². The Bertz CT molecular complexity index is 390. The van der Waals surface area contributed by atoms with Gasteiger partial charge in [0.2, 0.25) is 0 Å². The van der Waals surface area contributed by atoms with Gasteiger partial charge in [-0.05, 0) is 43.0 Å². The second-order valence-corrected chi connectivity index (χ2v) is 9.33. The van der Waals surface area contributed by atoms with Crippen LogP contribution in [0.15, 0.2) is 23.2 Å². The van der Waals surface area contributed by atoms with Crippen molar-refractivity contribution in [1.29, 1.82) is 0 Å². The van der Waals surface area contributed by atoms with Crippen molar-refractivity contribution in [2.24, 2.45) is 0 Å². The predicted molar refractivity (Wildman–Crippen MR) is 94.4 cm³/mol. The van der Waals surface area contributed by atoms with Crippen LogP contribution in [0.3, 0.4) is 0 Å². The second kappa shape index (κ2) is 10.2. The zero-order valence-electron chi connectivity index (χ0n) is 12.3. The molecule has 0 bridgehead atoms. The van der Waals surface area contributed by atoms with E-state index < -0.39 is 0 Å². The average Bonchev–Trinajstić information content (AvgIpc) is 2.39. The molecular formula is C13H21NO2S4. The zero-order chi connectivity index (χ0) is 14.8. The van der Waals surface area contributed by atoms with Crippen molar-refractivity contribution in [2.75, 3.05) is 25.2 Å². The lowest BCUT2D eigenvalue weighted by Crippen LogP contribution is -2.27. The number of hydrogen-bond acceptors (Lipinski definition) is 7. The standard InChI is InChI=1S/C13H21NO2S4/c1-13(2,16-10-18-17-4)8-11-6-5-7-12(14-11)20-19-9-15-3/h5-7H,8-10H2,1-4H3. The third-order valence-corrected chi connectivity index (χ3v) is 5.76. The Morgan fingerprint density at radius 1 is 1.20 bits per heavy atom. The van der Waals surface area contributed by atoms with Crippen LogP contribution < -0.4 is 0 Å². The van der Waals surface area contributed by atoms with Gasteiger partial charge in [-0.1, -0.05) is 38.4 Å². The molecule has 3 nitrogen and oxygen atoms in total. The Hall–Kier alpha value is 0.470. The molecule has 0 saturated carbocycles. The molecule has 20 heavy (non-hydrogen) atoms. The summed E-state index contributed by atoms with van der Waals surface area (Å²) in [6.07, 6.45) is 2.87. The lowest BCUT2D eigenvalue weighted by Gasteiger charge is -2.24. The molecule has 1 heterocycles. The third kappa shape index (κ3) is 8.05. The Labute approximate surface area is 137 Å². The number of methoxy groups -OCH3 is 1. The van der Waals surface area contributed by atoms with E-state index in [9.17, 15) is 0 Å². The van der Waals surface area contributed by atoms with Gasteiger partial charge in [-0.2, -0.15) is 0 Å². The van der Waals surface area contributed by atoms with E-state index in [1.54, 1.807) is 50.3 Å². The summed E-state index contributed by atoms with van der Waals surface area (Å²) in [7, 11) is 8.42. The Balaban J connectivity index is 2.51. The Kier molecular flexibility index (Phi) is 9.48. The van der Waals surface area contributed by atoms with E-state index in [0.29, 0.717) is 11.9 Å². The van der Waals surface area contributed by atoms with Gasteiger partial charge in [0.15, 0.2) is 0 Å². The summed E-state index contributed by atoms with van der Waals surface area (Å²) in [6, 6.07) is 6.12. The van der Waals surface area contributed by atoms with Crippen LogP contribution >= 0.6 is 43.2 Å². The molecule has 0 amide bonds. The van der Waals surface area contributed by atoms with Crippen molar-refractivity contribution in [3.63, 3.8) is 0 Å². The lowest BCUT2D eigenvalue weighted by atomic mass is 10.0. The maximum atomic E-state index is 5.88. The molecule has 0 radical (unpaired) electrons. The first-order chi connectivity index (χ1) is 9.57. The van der Waals surface area contributed by atoms with E-state index >= 15 is 0 Å². The van der Waals surface area contributed by atoms with Crippen molar-refractivity contribution in [3.05, 3.63) is 23.9 Å². The van der Waals surface area contributed by atoms with Crippen LogP contribution in [0.4, 0.5) is 0 Å². The maximum absolute atomic E-state index is 5.88. The summed E-state index contributed by atoms with van der Waals surface area (Å²) in [5.74, 6) is 1.36. The molecule has 1 aromatic rings. The number of pyridine rings is 1. The number of ether oxygens (including phenoxy) is 2. The highest BCUT2D eigenvalue weighted by molar-refractivity contribution is 8.76. The summed E-state index contributed by atoms with van der Waals surface area (Å²) < 4.78 is 10.9. The van der Waals surface area contributed by atoms with Crippen LogP contribution in [0.5, 0.6) is 0 Å². The van der Waals surface area contributed by atoms with Crippen LogP contribution in [-0.2, 0) is 15.9 Å². The molecule has 0 unspecified atom stereocenters. The minimum Gasteiger partial charge on any atom is -0.373 e. The lowest BCUT2D eigenvalue weighted by molar-refractivity contribution is 0.0124. The fourth-order valence-electron chi connectivity index (χ4n) is 1.45. The first-order valence-electron chi connectivity index (χ1n) is 6.11. The SMILES string of the molecule is COCSSc1cccc(CC(C)(C)OCSSC)n1. The van der Waals surface area contributed by atoms with Gasteiger partial charge in [-0.3, -0.25) is 0 Å². The third-order valence-electron chi connectivity index (χ3n) is 2.31. The van der Waals surface area contributed by atoms with Gasteiger partial charge in [0.05, 0.1) is 5.60 Å². The molecule has 0 saturated heterocycles. The molecule has 7 heteroatoms. The van der Waals surface area contributed by atoms with E-state index in [1.165, 1.54) is 0 Å². The molecule has 0 N–H and O–H groups in total. The normalized spacial score (nSPS) is 11.8. The van der Waals surface area contributed by atoms with Gasteiger partial charge in [0.25, 0.3) is 0 Å². The zero-order valence-corrected chi connectivity index (χ0v) is 15.5. The van der Waals surface area contributed by atoms with Crippen LogP contribution in [0, 0.1) is 0 Å². The largest absolute Gasteiger partial charge is 0.373 e. The van der Waals surface area contributed by atoms with E-state index in [-0.39, 0.29) is 5.60 Å². The average molecular weight is 352 g/mol. The van der Waals surface area contributed by atoms with Gasteiger partial charge in [-0.15, -0.1) is 0 Å². The quantitative estimate of drug-likeness (QED) is 0.342. The first-order valence-corrected chi connectivity index (χ1v) is 11.2. The number of rotatable bonds is 10. The van der Waals surface area contributed by atoms with E-state index in [2.05, 4.69) is 31.2 Å². The summed E-state index contributed by atoms with van der Waals surface area (Å²) in [5, 5.41) is 1.01. The second-order valence-electron chi connectivity index (χ2n) is 4.56. The van der Waals surface area contributed by atoms with E-state index in [1.807, 2.05) is 12.1 Å². The maximum Gasteiger partial charge on any atom is 0.107 e. The summed E-state index contributed by atoms with van der Waals surface area (Å²) in [6.45, 7) is 4.21. The summed E-state index contributed by atoms with van der Waals surface area (Å²) in [5.41, 5.74) is 0.866. The van der Waals surface area contributed by atoms with Crippen molar-refractivity contribution < 1.29 is 9.47 Å². The summed E-state index contributed by atoms with van der Waals surface area (Å²) in [4.78, 5) is 4.65. The fourth-order valence-corrected chi connectivity index (χ4v) is 3.98. The number of hydrogen-bond donors (Lipinski definition) is 0. The molecule has 1 rings (SSSR count). The molecule has 0 spiro atoms. The van der Waals surface area contributed by atoms with Crippen LogP contribution in [-0.4, -0.2) is 35.8 Å². The highest BCUT2D eigenvalue weighted by Gasteiger charge is 2.20. The molecule has 0 aliphatic rings. The Morgan fingerprint density at radius 3 is 2.70 bits per heavy atom. The predicted octanol–water partition coefficient (Wildman–Crippen LogP) is 4.73. The minimum absolute atomic E-state index is 0.196. The van der Waals surface area contributed by atoms with E-state index in [0.717, 1.165) is 17.1 Å². The molecule has 0 aliphatic heterocycles. The minimum atomic E-state index is -0.196. The molecule has 0 aliphatic carbocycles. The monoisotopic (exact) mass is 351 g/mol. The molecule has 0 aromatic carbocycles. The topological polar surface area (TPSA) is 31.4 Å². The van der Waals surface area contributed by atoms with Gasteiger partial charge in [0, 0.05) is 19.2 Å². The highest BCUT2D eigenvalue weighted by atomic mass is 33.1. The molecule has 0 fully saturated rings. The first kappa shape index (κ1) is 18.5. The van der Waals surface area contributed by atoms with Crippen molar-refractivity contribution in [3.8, 4) is 0 Å². The van der Waals surface area contributed by atoms with Crippen molar-refractivity contribution >= 4 is 43.2 Å². The van der Waals surface area contributed by atoms with Crippen LogP contribution in [0.2, 0.25) is 0 Å².